The van der Waals surface area contributed by atoms with Gasteiger partial charge in [-0.1, -0.05) is 30.3 Å². The first-order valence-electron chi connectivity index (χ1n) is 14.5. The third-order valence-electron chi connectivity index (χ3n) is 8.61. The van der Waals surface area contributed by atoms with E-state index in [1.165, 1.54) is 0 Å². The summed E-state index contributed by atoms with van der Waals surface area (Å²) in [4.78, 5) is 5.42. The average molecular weight is 773 g/mol. The van der Waals surface area contributed by atoms with Gasteiger partial charge in [-0.15, -0.1) is 11.1 Å². The molecule has 6 aromatic rings. The largest absolute Gasteiger partial charge is 3.00 e. The van der Waals surface area contributed by atoms with Gasteiger partial charge in [0.05, 0.1) is 27.9 Å². The Kier molecular flexibility index (Phi) is 9.03. The van der Waals surface area contributed by atoms with Crippen LogP contribution < -0.4 is 0 Å². The first kappa shape index (κ1) is 31.5. The first-order chi connectivity index (χ1) is 20.7. The molecule has 222 valence electrons. The van der Waals surface area contributed by atoms with Crippen LogP contribution in [-0.4, -0.2) is 24.5 Å². The maximum absolute atomic E-state index is 5.81. The summed E-state index contributed by atoms with van der Waals surface area (Å²) >= 11 is 5.81. The first-order valence-corrected chi connectivity index (χ1v) is 14.9. The second-order valence-electron chi connectivity index (χ2n) is 11.8. The Morgan fingerprint density at radius 3 is 1.89 bits per heavy atom. The third kappa shape index (κ3) is 5.68. The summed E-state index contributed by atoms with van der Waals surface area (Å²) in [7, 11) is 0. The Labute approximate surface area is 279 Å². The van der Waals surface area contributed by atoms with E-state index in [0.717, 1.165) is 38.7 Å². The normalized spacial score (nSPS) is 14.3. The number of hydrogen-bond acceptors (Lipinski definition) is 4. The molecule has 6 rings (SSSR count). The van der Waals surface area contributed by atoms with Crippen LogP contribution in [0.4, 0.5) is 0 Å². The van der Waals surface area contributed by atoms with Gasteiger partial charge < -0.3 is 12.6 Å². The minimum Gasteiger partial charge on any atom is -0.779 e. The van der Waals surface area contributed by atoms with E-state index in [-0.39, 0.29) is 20.1 Å². The van der Waals surface area contributed by atoms with Crippen LogP contribution >= 0.6 is 0 Å². The van der Waals surface area contributed by atoms with Crippen molar-refractivity contribution in [2.24, 2.45) is 0 Å². The smallest absolute Gasteiger partial charge is 0.779 e. The fourth-order valence-corrected chi connectivity index (χ4v) is 6.16. The minimum atomic E-state index is -0.641. The van der Waals surface area contributed by atoms with Crippen molar-refractivity contribution in [2.45, 2.75) is 55.5 Å². The Morgan fingerprint density at radius 2 is 1.27 bits per heavy atom. The van der Waals surface area contributed by atoms with Gasteiger partial charge in [0, 0.05) is 30.7 Å². The van der Waals surface area contributed by atoms with Gasteiger partial charge in [0.1, 0.15) is 0 Å². The summed E-state index contributed by atoms with van der Waals surface area (Å²) in [5, 5.41) is 10.4. The molecule has 0 amide bonds. The van der Waals surface area contributed by atoms with Crippen LogP contribution in [0.3, 0.4) is 0 Å². The Bertz CT molecular complexity index is 1820. The molecule has 2 unspecified atom stereocenters. The van der Waals surface area contributed by atoms with E-state index < -0.39 is 16.5 Å². The molecule has 2 atom stereocenters. The Balaban J connectivity index is 0.00000384. The molecule has 0 radical (unpaired) electrons. The van der Waals surface area contributed by atoms with Crippen LogP contribution in [0.15, 0.2) is 127 Å². The zero-order valence-corrected chi connectivity index (χ0v) is 28.4. The van der Waals surface area contributed by atoms with Crippen LogP contribution in [0.2, 0.25) is 0 Å². The summed E-state index contributed by atoms with van der Waals surface area (Å²) in [5.41, 5.74) is 4.29. The summed E-state index contributed by atoms with van der Waals surface area (Å²) in [6.45, 7) is 8.69. The van der Waals surface area contributed by atoms with Crippen LogP contribution in [0, 0.1) is 12.1 Å². The van der Waals surface area contributed by atoms with Crippen molar-refractivity contribution in [3.05, 3.63) is 168 Å². The Hall–Kier alpha value is -3.90. The molecule has 0 aliphatic carbocycles. The number of benzene rings is 3. The van der Waals surface area contributed by atoms with Gasteiger partial charge in [0.2, 0.25) is 0 Å². The fourth-order valence-electron chi connectivity index (χ4n) is 5.81. The molecular weight excluding hydrogens is 739 g/mol. The Morgan fingerprint density at radius 1 is 0.682 bits per heavy atom. The molecule has 7 heteroatoms. The maximum atomic E-state index is 5.81. The molecular formula is C37H34IrN5S. The fraction of sp³-hybridized carbons (Fsp3) is 0.216. The number of hydrogen-bond donors (Lipinski definition) is 0. The standard InChI is InChI=1S/C37H35N5S.Ir/c1-35(2,33-22-25-41(39-33)36(3,28-15-7-5-8-16-28)27-30-19-13-14-24-38-30)34-23-26-42(40-34)37(4,29-17-9-6-10-18-29)31-20-11-12-21-32(31)43;/h5-15,17,19-26,43H,27H2,1-4H3;/q-2;+3/p-1. The summed E-state index contributed by atoms with van der Waals surface area (Å²) in [6.07, 6.45) is 6.62. The van der Waals surface area contributed by atoms with Gasteiger partial charge in [-0.05, 0) is 57.5 Å². The minimum absolute atomic E-state index is 0. The van der Waals surface area contributed by atoms with Crippen LogP contribution in [0.25, 0.3) is 0 Å². The molecule has 3 aromatic heterocycles. The SMILES string of the molecule is CC(C)(c1ccn(C(C)(Cc2ccccn2)c2[c-]cccc2)n1)c1ccn(C(C)(c2[c-]cccc2)c2ccccc2[S-])n1.[Ir+3]. The van der Waals surface area contributed by atoms with E-state index in [0.29, 0.717) is 6.42 Å². The van der Waals surface area contributed by atoms with Crippen LogP contribution in [0.5, 0.6) is 0 Å². The number of rotatable bonds is 9. The van der Waals surface area contributed by atoms with E-state index in [9.17, 15) is 0 Å². The second-order valence-corrected chi connectivity index (χ2v) is 12.2. The predicted molar refractivity (Wildman–Crippen MR) is 172 cm³/mol. The van der Waals surface area contributed by atoms with Gasteiger partial charge in [-0.2, -0.15) is 75.8 Å². The number of pyridine rings is 1. The van der Waals surface area contributed by atoms with E-state index in [1.807, 2.05) is 83.8 Å². The monoisotopic (exact) mass is 773 g/mol. The third-order valence-corrected chi connectivity index (χ3v) is 8.96. The zero-order valence-electron chi connectivity index (χ0n) is 25.2. The molecule has 5 nitrogen and oxygen atoms in total. The summed E-state index contributed by atoms with van der Waals surface area (Å²) in [6, 6.07) is 41.3. The second kappa shape index (κ2) is 12.6. The van der Waals surface area contributed by atoms with Crippen molar-refractivity contribution in [1.29, 1.82) is 0 Å². The van der Waals surface area contributed by atoms with E-state index >= 15 is 0 Å². The van der Waals surface area contributed by atoms with Crippen molar-refractivity contribution in [2.75, 3.05) is 0 Å². The van der Waals surface area contributed by atoms with Gasteiger partial charge in [0.25, 0.3) is 0 Å². The average Bonchev–Trinajstić information content (AvgIpc) is 3.75. The molecule has 0 saturated carbocycles. The van der Waals surface area contributed by atoms with Crippen molar-refractivity contribution in [3.63, 3.8) is 0 Å². The van der Waals surface area contributed by atoms with Gasteiger partial charge in [-0.25, -0.2) is 0 Å². The predicted octanol–water partition coefficient (Wildman–Crippen LogP) is 7.12. The van der Waals surface area contributed by atoms with Crippen molar-refractivity contribution in [3.8, 4) is 0 Å². The number of aromatic nitrogens is 5. The molecule has 0 bridgehead atoms. The zero-order chi connectivity index (χ0) is 30.1. The molecule has 0 fully saturated rings. The van der Waals surface area contributed by atoms with E-state index in [4.69, 9.17) is 22.8 Å². The van der Waals surface area contributed by atoms with E-state index in [1.54, 1.807) is 0 Å². The topological polar surface area (TPSA) is 48.5 Å². The van der Waals surface area contributed by atoms with Gasteiger partial charge >= 0.3 is 20.1 Å². The molecule has 44 heavy (non-hydrogen) atoms. The van der Waals surface area contributed by atoms with Crippen LogP contribution in [0.1, 0.15) is 61.5 Å². The quantitative estimate of drug-likeness (QED) is 0.116. The van der Waals surface area contributed by atoms with Crippen molar-refractivity contribution < 1.29 is 20.1 Å². The van der Waals surface area contributed by atoms with Crippen LogP contribution in [-0.2, 0) is 55.6 Å². The van der Waals surface area contributed by atoms with Gasteiger partial charge in [-0.3, -0.25) is 14.3 Å². The van der Waals surface area contributed by atoms with Crippen molar-refractivity contribution in [1.82, 2.24) is 24.5 Å². The summed E-state index contributed by atoms with van der Waals surface area (Å²) < 4.78 is 4.07. The molecule has 0 N–H and O–H groups in total. The summed E-state index contributed by atoms with van der Waals surface area (Å²) in [5.74, 6) is 0. The maximum Gasteiger partial charge on any atom is 3.00 e. The number of nitrogens with zero attached hydrogens (tertiary/aromatic N) is 5. The molecule has 3 heterocycles. The van der Waals surface area contributed by atoms with Gasteiger partial charge in [0.15, 0.2) is 0 Å². The van der Waals surface area contributed by atoms with E-state index in [2.05, 4.69) is 92.1 Å². The molecule has 0 spiro atoms. The molecule has 0 aliphatic rings. The molecule has 0 saturated heterocycles. The molecule has 0 aliphatic heterocycles. The molecule has 3 aromatic carbocycles. The van der Waals surface area contributed by atoms with Crippen molar-refractivity contribution >= 4 is 12.6 Å².